The van der Waals surface area contributed by atoms with Crippen LogP contribution < -0.4 is 5.32 Å². The van der Waals surface area contributed by atoms with Crippen LogP contribution in [-0.2, 0) is 19.1 Å². The summed E-state index contributed by atoms with van der Waals surface area (Å²) in [6.07, 6.45) is 0. The molecule has 0 amide bonds. The molecule has 10 heteroatoms. The van der Waals surface area contributed by atoms with Gasteiger partial charge in [-0.05, 0) is 33.4 Å². The number of esters is 2. The van der Waals surface area contributed by atoms with E-state index in [1.807, 2.05) is 0 Å². The monoisotopic (exact) mass is 472 g/mol. The Hall–Kier alpha value is -3.24. The lowest BCUT2D eigenvalue weighted by atomic mass is 9.80. The first-order valence-electron chi connectivity index (χ1n) is 11.4. The number of hydrogen-bond donors (Lipinski definition) is 1. The van der Waals surface area contributed by atoms with Crippen molar-refractivity contribution in [2.45, 2.75) is 26.7 Å². The zero-order chi connectivity index (χ0) is 24.8. The Morgan fingerprint density at radius 1 is 1.09 bits per heavy atom. The third-order valence-electron chi connectivity index (χ3n) is 6.13. The smallest absolute Gasteiger partial charge is 0.336 e. The molecule has 0 bridgehead atoms. The molecule has 10 nitrogen and oxygen atoms in total. The maximum atomic E-state index is 13.3. The third-order valence-corrected chi connectivity index (χ3v) is 6.13. The molecule has 1 aromatic rings. The van der Waals surface area contributed by atoms with Crippen LogP contribution in [0.4, 0.5) is 5.69 Å². The zero-order valence-electron chi connectivity index (χ0n) is 20.1. The fraction of sp³-hybridized carbons (Fsp3) is 0.500. The topological polar surface area (TPSA) is 114 Å². The number of nitro benzene ring substituents is 1. The minimum absolute atomic E-state index is 0.127. The molecule has 3 rings (SSSR count). The number of nitro groups is 1. The number of carbonyl (C=O) groups is 2. The number of carbonyl (C=O) groups excluding carboxylic acids is 2. The number of dihydropyridines is 1. The van der Waals surface area contributed by atoms with E-state index >= 15 is 0 Å². The van der Waals surface area contributed by atoms with Crippen LogP contribution in [0.5, 0.6) is 0 Å². The molecule has 34 heavy (non-hydrogen) atoms. The normalized spacial score (nSPS) is 19.6. The van der Waals surface area contributed by atoms with Gasteiger partial charge in [0.15, 0.2) is 0 Å². The predicted octanol–water partition coefficient (Wildman–Crippen LogP) is 2.18. The minimum atomic E-state index is -0.851. The molecule has 1 aromatic carbocycles. The average Bonchev–Trinajstić information content (AvgIpc) is 2.80. The summed E-state index contributed by atoms with van der Waals surface area (Å²) in [7, 11) is 2.08. The molecule has 0 spiro atoms. The van der Waals surface area contributed by atoms with Crippen molar-refractivity contribution in [1.82, 2.24) is 15.1 Å². The molecule has 2 heterocycles. The highest BCUT2D eigenvalue weighted by Crippen LogP contribution is 2.40. The number of benzene rings is 1. The summed E-state index contributed by atoms with van der Waals surface area (Å²) in [6, 6.07) is 5.96. The zero-order valence-corrected chi connectivity index (χ0v) is 20.1. The number of hydrogen-bond acceptors (Lipinski definition) is 9. The predicted molar refractivity (Wildman–Crippen MR) is 126 cm³/mol. The number of ether oxygens (including phenoxy) is 2. The van der Waals surface area contributed by atoms with E-state index in [2.05, 4.69) is 22.2 Å². The van der Waals surface area contributed by atoms with E-state index in [-0.39, 0.29) is 30.0 Å². The first-order valence-corrected chi connectivity index (χ1v) is 11.4. The van der Waals surface area contributed by atoms with Crippen molar-refractivity contribution >= 4 is 17.6 Å². The van der Waals surface area contributed by atoms with Crippen molar-refractivity contribution in [3.63, 3.8) is 0 Å². The van der Waals surface area contributed by atoms with E-state index in [0.29, 0.717) is 23.5 Å². The van der Waals surface area contributed by atoms with Crippen LogP contribution in [0.25, 0.3) is 0 Å². The fourth-order valence-corrected chi connectivity index (χ4v) is 4.31. The molecule has 0 aromatic heterocycles. The second kappa shape index (κ2) is 11.3. The lowest BCUT2D eigenvalue weighted by molar-refractivity contribution is -0.384. The Balaban J connectivity index is 1.89. The SMILES string of the molecule is CCOC(=O)C1=C(C)NC(C)=C(C(=O)OCCN2CCN(C)CC2)[C@H]1c1cccc([N+](=O)[O-])c1. The van der Waals surface area contributed by atoms with Crippen molar-refractivity contribution in [2.75, 3.05) is 53.0 Å². The highest BCUT2D eigenvalue weighted by Gasteiger charge is 2.38. The number of nitrogens with one attached hydrogen (secondary N) is 1. The van der Waals surface area contributed by atoms with Crippen molar-refractivity contribution in [3.05, 3.63) is 62.5 Å². The summed E-state index contributed by atoms with van der Waals surface area (Å²) in [5.74, 6) is -2.00. The van der Waals surface area contributed by atoms with Crippen LogP contribution in [0, 0.1) is 10.1 Å². The largest absolute Gasteiger partial charge is 0.463 e. The summed E-state index contributed by atoms with van der Waals surface area (Å²) in [4.78, 5) is 41.5. The molecule has 0 saturated carbocycles. The van der Waals surface area contributed by atoms with Gasteiger partial charge < -0.3 is 19.7 Å². The number of piperazine rings is 1. The van der Waals surface area contributed by atoms with Gasteiger partial charge in [-0.2, -0.15) is 0 Å². The van der Waals surface area contributed by atoms with Crippen LogP contribution in [-0.4, -0.2) is 79.6 Å². The molecule has 0 unspecified atom stereocenters. The van der Waals surface area contributed by atoms with Gasteiger partial charge >= 0.3 is 11.9 Å². The van der Waals surface area contributed by atoms with Crippen molar-refractivity contribution in [1.29, 1.82) is 0 Å². The summed E-state index contributed by atoms with van der Waals surface area (Å²) in [6.45, 7) is 9.85. The van der Waals surface area contributed by atoms with E-state index in [1.54, 1.807) is 32.9 Å². The van der Waals surface area contributed by atoms with E-state index in [0.717, 1.165) is 26.2 Å². The maximum Gasteiger partial charge on any atom is 0.336 e. The van der Waals surface area contributed by atoms with E-state index in [9.17, 15) is 19.7 Å². The van der Waals surface area contributed by atoms with Crippen LogP contribution in [0.1, 0.15) is 32.3 Å². The molecular weight excluding hydrogens is 440 g/mol. The van der Waals surface area contributed by atoms with E-state index in [1.165, 1.54) is 12.1 Å². The molecular formula is C24H32N4O6. The third kappa shape index (κ3) is 5.81. The summed E-state index contributed by atoms with van der Waals surface area (Å²) in [5.41, 5.74) is 1.86. The molecule has 2 aliphatic rings. The standard InChI is InChI=1S/C24H32N4O6/c1-5-33-23(29)20-16(2)25-17(3)21(22(20)18-7-6-8-19(15-18)28(31)32)24(30)34-14-13-27-11-9-26(4)10-12-27/h6-8,15,22,25H,5,9-14H2,1-4H3/t22-/m0/s1. The van der Waals surface area contributed by atoms with Gasteiger partial charge in [0, 0.05) is 56.3 Å². The highest BCUT2D eigenvalue weighted by molar-refractivity contribution is 5.99. The Kier molecular flexibility index (Phi) is 8.41. The minimum Gasteiger partial charge on any atom is -0.463 e. The molecule has 0 aliphatic carbocycles. The van der Waals surface area contributed by atoms with Gasteiger partial charge in [0.1, 0.15) is 6.61 Å². The Morgan fingerprint density at radius 3 is 2.29 bits per heavy atom. The number of allylic oxidation sites excluding steroid dienone is 2. The second-order valence-corrected chi connectivity index (χ2v) is 8.49. The van der Waals surface area contributed by atoms with Crippen LogP contribution in [0.15, 0.2) is 46.8 Å². The van der Waals surface area contributed by atoms with Gasteiger partial charge in [-0.15, -0.1) is 0 Å². The molecule has 184 valence electrons. The van der Waals surface area contributed by atoms with Gasteiger partial charge in [0.2, 0.25) is 0 Å². The quantitative estimate of drug-likeness (QED) is 0.345. The Labute approximate surface area is 199 Å². The summed E-state index contributed by atoms with van der Waals surface area (Å²) >= 11 is 0. The number of non-ortho nitro benzene ring substituents is 1. The van der Waals surface area contributed by atoms with Gasteiger partial charge in [-0.25, -0.2) is 9.59 Å². The summed E-state index contributed by atoms with van der Waals surface area (Å²) < 4.78 is 10.9. The van der Waals surface area contributed by atoms with Crippen LogP contribution in [0.3, 0.4) is 0 Å². The highest BCUT2D eigenvalue weighted by atomic mass is 16.6. The number of likely N-dealkylation sites (N-methyl/N-ethyl adjacent to an activating group) is 1. The van der Waals surface area contributed by atoms with Crippen LogP contribution >= 0.6 is 0 Å². The van der Waals surface area contributed by atoms with Crippen LogP contribution in [0.2, 0.25) is 0 Å². The van der Waals surface area contributed by atoms with Crippen molar-refractivity contribution < 1.29 is 24.0 Å². The van der Waals surface area contributed by atoms with Crippen molar-refractivity contribution in [2.24, 2.45) is 0 Å². The van der Waals surface area contributed by atoms with Gasteiger partial charge in [0.05, 0.1) is 28.6 Å². The molecule has 2 aliphatic heterocycles. The Bertz CT molecular complexity index is 1010. The first-order chi connectivity index (χ1) is 16.2. The van der Waals surface area contributed by atoms with Gasteiger partial charge in [0.25, 0.3) is 5.69 Å². The molecule has 1 saturated heterocycles. The summed E-state index contributed by atoms with van der Waals surface area (Å²) in [5, 5.41) is 14.5. The number of nitrogens with zero attached hydrogens (tertiary/aromatic N) is 3. The molecule has 1 atom stereocenters. The maximum absolute atomic E-state index is 13.3. The van der Waals surface area contributed by atoms with Gasteiger partial charge in [-0.3, -0.25) is 15.0 Å². The lowest BCUT2D eigenvalue weighted by Crippen LogP contribution is -2.45. The van der Waals surface area contributed by atoms with Gasteiger partial charge in [-0.1, -0.05) is 12.1 Å². The lowest BCUT2D eigenvalue weighted by Gasteiger charge is -2.32. The first kappa shape index (κ1) is 25.4. The fourth-order valence-electron chi connectivity index (χ4n) is 4.31. The average molecular weight is 473 g/mol. The second-order valence-electron chi connectivity index (χ2n) is 8.49. The van der Waals surface area contributed by atoms with Crippen molar-refractivity contribution in [3.8, 4) is 0 Å². The molecule has 1 fully saturated rings. The van der Waals surface area contributed by atoms with E-state index in [4.69, 9.17) is 9.47 Å². The number of rotatable bonds is 8. The molecule has 1 N–H and O–H groups in total. The molecule has 0 radical (unpaired) electrons. The Morgan fingerprint density at radius 2 is 1.71 bits per heavy atom. The van der Waals surface area contributed by atoms with E-state index < -0.39 is 22.8 Å².